The molecule has 0 bridgehead atoms. The van der Waals surface area contributed by atoms with Gasteiger partial charge in [0, 0.05) is 0 Å². The molecule has 0 radical (unpaired) electrons. The lowest BCUT2D eigenvalue weighted by Crippen LogP contribution is -2.13. The third kappa shape index (κ3) is 2.51. The highest BCUT2D eigenvalue weighted by Crippen LogP contribution is 2.35. The van der Waals surface area contributed by atoms with E-state index >= 15 is 0 Å². The largest absolute Gasteiger partial charge is 0.507 e. The van der Waals surface area contributed by atoms with Crippen molar-refractivity contribution in [2.24, 2.45) is 0 Å². The van der Waals surface area contributed by atoms with Gasteiger partial charge >= 0.3 is 0 Å². The molecule has 1 atom stereocenters. The Balaban J connectivity index is 3.38. The van der Waals surface area contributed by atoms with Gasteiger partial charge in [-0.3, -0.25) is 0 Å². The van der Waals surface area contributed by atoms with E-state index in [1.807, 2.05) is 39.8 Å². The van der Waals surface area contributed by atoms with Crippen molar-refractivity contribution in [3.8, 4) is 5.75 Å². The summed E-state index contributed by atoms with van der Waals surface area (Å²) in [6.07, 6.45) is -0.495. The van der Waals surface area contributed by atoms with Gasteiger partial charge in [-0.15, -0.1) is 0 Å². The van der Waals surface area contributed by atoms with Gasteiger partial charge in [0.15, 0.2) is 0 Å². The molecule has 0 saturated heterocycles. The second-order valence-electron chi connectivity index (χ2n) is 5.16. The van der Waals surface area contributed by atoms with Gasteiger partial charge in [0.25, 0.3) is 0 Å². The Bertz CT molecular complexity index is 360. The predicted octanol–water partition coefficient (Wildman–Crippen LogP) is 3.05. The lowest BCUT2D eigenvalue weighted by molar-refractivity contribution is 0.199. The fourth-order valence-electron chi connectivity index (χ4n) is 1.62. The predicted molar refractivity (Wildman–Crippen MR) is 62.2 cm³/mol. The molecule has 1 rings (SSSR count). The van der Waals surface area contributed by atoms with Crippen LogP contribution in [0.3, 0.4) is 0 Å². The molecule has 0 aliphatic heterocycles. The first-order chi connectivity index (χ1) is 6.73. The molecule has 0 aliphatic rings. The SMILES string of the molecule is Cc1cc(C(C)O)cc(C(C)(C)C)c1O. The number of phenols is 1. The van der Waals surface area contributed by atoms with Crippen LogP contribution in [0.5, 0.6) is 5.75 Å². The smallest absolute Gasteiger partial charge is 0.122 e. The molecule has 15 heavy (non-hydrogen) atoms. The second kappa shape index (κ2) is 3.86. The van der Waals surface area contributed by atoms with Crippen molar-refractivity contribution in [2.75, 3.05) is 0 Å². The topological polar surface area (TPSA) is 40.5 Å². The summed E-state index contributed by atoms with van der Waals surface area (Å²) in [4.78, 5) is 0. The molecular weight excluding hydrogens is 188 g/mol. The highest BCUT2D eigenvalue weighted by Gasteiger charge is 2.20. The summed E-state index contributed by atoms with van der Waals surface area (Å²) in [6.45, 7) is 9.74. The van der Waals surface area contributed by atoms with Crippen LogP contribution in [0.2, 0.25) is 0 Å². The highest BCUT2D eigenvalue weighted by atomic mass is 16.3. The van der Waals surface area contributed by atoms with Gasteiger partial charge in [-0.1, -0.05) is 20.8 Å². The van der Waals surface area contributed by atoms with E-state index in [9.17, 15) is 10.2 Å². The van der Waals surface area contributed by atoms with Gasteiger partial charge in [0.2, 0.25) is 0 Å². The van der Waals surface area contributed by atoms with E-state index < -0.39 is 6.10 Å². The molecule has 84 valence electrons. The molecule has 2 heteroatoms. The number of aryl methyl sites for hydroxylation is 1. The van der Waals surface area contributed by atoms with Crippen LogP contribution >= 0.6 is 0 Å². The van der Waals surface area contributed by atoms with Crippen LogP contribution in [0.15, 0.2) is 12.1 Å². The number of aromatic hydroxyl groups is 1. The van der Waals surface area contributed by atoms with E-state index in [0.29, 0.717) is 5.75 Å². The van der Waals surface area contributed by atoms with E-state index in [1.165, 1.54) is 0 Å². The molecule has 1 aromatic rings. The van der Waals surface area contributed by atoms with Crippen molar-refractivity contribution in [1.82, 2.24) is 0 Å². The second-order valence-corrected chi connectivity index (χ2v) is 5.16. The zero-order chi connectivity index (χ0) is 11.8. The molecule has 1 aromatic carbocycles. The van der Waals surface area contributed by atoms with Gasteiger partial charge in [-0.2, -0.15) is 0 Å². The molecule has 1 unspecified atom stereocenters. The normalized spacial score (nSPS) is 14.0. The van der Waals surface area contributed by atoms with Crippen molar-refractivity contribution in [3.05, 3.63) is 28.8 Å². The summed E-state index contributed by atoms with van der Waals surface area (Å²) >= 11 is 0. The minimum Gasteiger partial charge on any atom is -0.507 e. The van der Waals surface area contributed by atoms with E-state index in [4.69, 9.17) is 0 Å². The fourth-order valence-corrected chi connectivity index (χ4v) is 1.62. The first-order valence-electron chi connectivity index (χ1n) is 5.25. The van der Waals surface area contributed by atoms with Gasteiger partial charge in [-0.25, -0.2) is 0 Å². The van der Waals surface area contributed by atoms with Gasteiger partial charge < -0.3 is 10.2 Å². The van der Waals surface area contributed by atoms with Gasteiger partial charge in [0.05, 0.1) is 6.10 Å². The maximum absolute atomic E-state index is 9.96. The first-order valence-corrected chi connectivity index (χ1v) is 5.25. The summed E-state index contributed by atoms with van der Waals surface area (Å²) in [5, 5.41) is 19.5. The maximum atomic E-state index is 9.96. The van der Waals surface area contributed by atoms with Crippen LogP contribution < -0.4 is 0 Å². The summed E-state index contributed by atoms with van der Waals surface area (Å²) in [6, 6.07) is 3.71. The molecule has 2 nitrogen and oxygen atoms in total. The Morgan fingerprint density at radius 1 is 1.20 bits per heavy atom. The van der Waals surface area contributed by atoms with Gasteiger partial charge in [-0.05, 0) is 48.1 Å². The number of hydrogen-bond donors (Lipinski definition) is 2. The summed E-state index contributed by atoms with van der Waals surface area (Å²) in [5.41, 5.74) is 2.45. The van der Waals surface area contributed by atoms with Crippen LogP contribution in [0.1, 0.15) is 50.5 Å². The molecule has 0 aromatic heterocycles. The minimum absolute atomic E-state index is 0.111. The summed E-state index contributed by atoms with van der Waals surface area (Å²) in [5.74, 6) is 0.340. The molecule has 0 heterocycles. The fraction of sp³-hybridized carbons (Fsp3) is 0.538. The molecule has 0 fully saturated rings. The van der Waals surface area contributed by atoms with E-state index in [0.717, 1.165) is 16.7 Å². The number of aliphatic hydroxyl groups excluding tert-OH is 1. The number of benzene rings is 1. The molecule has 0 saturated carbocycles. The maximum Gasteiger partial charge on any atom is 0.122 e. The Morgan fingerprint density at radius 3 is 2.13 bits per heavy atom. The molecule has 0 spiro atoms. The number of aliphatic hydroxyl groups is 1. The van der Waals surface area contributed by atoms with Crippen LogP contribution in [-0.4, -0.2) is 10.2 Å². The Morgan fingerprint density at radius 2 is 1.73 bits per heavy atom. The van der Waals surface area contributed by atoms with E-state index in [2.05, 4.69) is 0 Å². The highest BCUT2D eigenvalue weighted by molar-refractivity contribution is 5.46. The minimum atomic E-state index is -0.495. The van der Waals surface area contributed by atoms with Crippen molar-refractivity contribution in [2.45, 2.75) is 46.1 Å². The van der Waals surface area contributed by atoms with E-state index in [-0.39, 0.29) is 5.41 Å². The Kier molecular flexibility index (Phi) is 3.10. The lowest BCUT2D eigenvalue weighted by Gasteiger charge is -2.23. The Labute approximate surface area is 91.6 Å². The quantitative estimate of drug-likeness (QED) is 0.744. The first kappa shape index (κ1) is 12.1. The van der Waals surface area contributed by atoms with E-state index in [1.54, 1.807) is 6.92 Å². The van der Waals surface area contributed by atoms with Crippen LogP contribution in [0.4, 0.5) is 0 Å². The molecular formula is C13H20O2. The zero-order valence-corrected chi connectivity index (χ0v) is 10.1. The molecule has 0 aliphatic carbocycles. The van der Waals surface area contributed by atoms with Gasteiger partial charge in [0.1, 0.15) is 5.75 Å². The number of hydrogen-bond acceptors (Lipinski definition) is 2. The van der Waals surface area contributed by atoms with Crippen molar-refractivity contribution < 1.29 is 10.2 Å². The van der Waals surface area contributed by atoms with Crippen molar-refractivity contribution in [3.63, 3.8) is 0 Å². The standard InChI is InChI=1S/C13H20O2/c1-8-6-10(9(2)14)7-11(12(8)15)13(3,4)5/h6-7,9,14-15H,1-5H3. The van der Waals surface area contributed by atoms with Crippen LogP contribution in [0, 0.1) is 6.92 Å². The third-order valence-electron chi connectivity index (χ3n) is 2.61. The van der Waals surface area contributed by atoms with Crippen molar-refractivity contribution >= 4 is 0 Å². The average molecular weight is 208 g/mol. The number of phenolic OH excluding ortho intramolecular Hbond substituents is 1. The molecule has 0 amide bonds. The Hall–Kier alpha value is -1.02. The summed E-state index contributed by atoms with van der Waals surface area (Å²) < 4.78 is 0. The zero-order valence-electron chi connectivity index (χ0n) is 10.1. The van der Waals surface area contributed by atoms with Crippen LogP contribution in [-0.2, 0) is 5.41 Å². The van der Waals surface area contributed by atoms with Crippen molar-refractivity contribution in [1.29, 1.82) is 0 Å². The lowest BCUT2D eigenvalue weighted by atomic mass is 9.83. The van der Waals surface area contributed by atoms with Crippen LogP contribution in [0.25, 0.3) is 0 Å². The summed E-state index contributed by atoms with van der Waals surface area (Å²) in [7, 11) is 0. The number of rotatable bonds is 1. The monoisotopic (exact) mass is 208 g/mol. The third-order valence-corrected chi connectivity index (χ3v) is 2.61. The average Bonchev–Trinajstić information content (AvgIpc) is 2.06. The molecule has 2 N–H and O–H groups in total.